The van der Waals surface area contributed by atoms with E-state index < -0.39 is 10.0 Å². The van der Waals surface area contributed by atoms with Crippen molar-refractivity contribution in [1.29, 1.82) is 0 Å². The molecule has 0 aliphatic carbocycles. The summed E-state index contributed by atoms with van der Waals surface area (Å²) in [5, 5.41) is 3.44. The molecule has 114 valence electrons. The lowest BCUT2D eigenvalue weighted by molar-refractivity contribution is 0.312. The molecule has 19 heavy (non-hydrogen) atoms. The third kappa shape index (κ3) is 6.23. The SMILES string of the molecule is CCCN(CC1CCCCN1)S(=O)(=O)CCC(C)C. The lowest BCUT2D eigenvalue weighted by Crippen LogP contribution is -2.46. The van der Waals surface area contributed by atoms with Crippen LogP contribution < -0.4 is 5.32 Å². The summed E-state index contributed by atoms with van der Waals surface area (Å²) in [6.45, 7) is 8.51. The third-order valence-electron chi connectivity index (χ3n) is 3.66. The average Bonchev–Trinajstić information content (AvgIpc) is 2.37. The molecule has 0 amide bonds. The summed E-state index contributed by atoms with van der Waals surface area (Å²) in [6, 6.07) is 0.342. The molecule has 1 atom stereocenters. The number of hydrogen-bond acceptors (Lipinski definition) is 3. The molecule has 1 rings (SSSR count). The maximum atomic E-state index is 12.4. The number of rotatable bonds is 8. The third-order valence-corrected chi connectivity index (χ3v) is 5.53. The van der Waals surface area contributed by atoms with Crippen LogP contribution in [-0.4, -0.2) is 44.2 Å². The summed E-state index contributed by atoms with van der Waals surface area (Å²) in [4.78, 5) is 0. The molecule has 0 radical (unpaired) electrons. The standard InChI is InChI=1S/C14H30N2O2S/c1-4-10-16(12-14-7-5-6-9-15-14)19(17,18)11-8-13(2)3/h13-15H,4-12H2,1-3H3. The monoisotopic (exact) mass is 290 g/mol. The molecule has 1 aliphatic rings. The summed E-state index contributed by atoms with van der Waals surface area (Å²) in [5.41, 5.74) is 0. The van der Waals surface area contributed by atoms with Gasteiger partial charge >= 0.3 is 0 Å². The molecule has 0 aromatic heterocycles. The zero-order valence-electron chi connectivity index (χ0n) is 12.7. The van der Waals surface area contributed by atoms with E-state index >= 15 is 0 Å². The van der Waals surface area contributed by atoms with Crippen molar-refractivity contribution in [3.63, 3.8) is 0 Å². The number of sulfonamides is 1. The Labute approximate surface area is 119 Å². The van der Waals surface area contributed by atoms with E-state index in [0.717, 1.165) is 25.8 Å². The van der Waals surface area contributed by atoms with Crippen LogP contribution in [0.2, 0.25) is 0 Å². The Morgan fingerprint density at radius 1 is 1.32 bits per heavy atom. The normalized spacial score (nSPS) is 21.2. The fraction of sp³-hybridized carbons (Fsp3) is 1.00. The van der Waals surface area contributed by atoms with Crippen LogP contribution in [0.3, 0.4) is 0 Å². The van der Waals surface area contributed by atoms with Crippen molar-refractivity contribution in [1.82, 2.24) is 9.62 Å². The first-order valence-corrected chi connectivity index (χ1v) is 9.27. The van der Waals surface area contributed by atoms with Crippen molar-refractivity contribution in [2.24, 2.45) is 5.92 Å². The summed E-state index contributed by atoms with van der Waals surface area (Å²) in [5.74, 6) is 0.725. The predicted molar refractivity (Wildman–Crippen MR) is 80.7 cm³/mol. The molecule has 0 bridgehead atoms. The Bertz CT molecular complexity index is 335. The average molecular weight is 290 g/mol. The van der Waals surface area contributed by atoms with E-state index in [9.17, 15) is 8.42 Å². The van der Waals surface area contributed by atoms with E-state index in [-0.39, 0.29) is 5.75 Å². The van der Waals surface area contributed by atoms with Crippen LogP contribution in [0, 0.1) is 5.92 Å². The van der Waals surface area contributed by atoms with E-state index in [4.69, 9.17) is 0 Å². The smallest absolute Gasteiger partial charge is 0.214 e. The largest absolute Gasteiger partial charge is 0.313 e. The first kappa shape index (κ1) is 16.9. The molecular formula is C14H30N2O2S. The maximum absolute atomic E-state index is 12.4. The molecule has 4 nitrogen and oxygen atoms in total. The molecule has 1 heterocycles. The molecule has 1 fully saturated rings. The van der Waals surface area contributed by atoms with Crippen molar-refractivity contribution in [3.05, 3.63) is 0 Å². The molecule has 0 saturated carbocycles. The zero-order chi connectivity index (χ0) is 14.3. The molecule has 0 aromatic rings. The highest BCUT2D eigenvalue weighted by atomic mass is 32.2. The highest BCUT2D eigenvalue weighted by molar-refractivity contribution is 7.89. The van der Waals surface area contributed by atoms with Crippen molar-refractivity contribution >= 4 is 10.0 Å². The molecule has 5 heteroatoms. The minimum atomic E-state index is -3.09. The van der Waals surface area contributed by atoms with E-state index in [1.54, 1.807) is 4.31 Å². The fourth-order valence-electron chi connectivity index (χ4n) is 2.43. The minimum absolute atomic E-state index is 0.289. The Balaban J connectivity index is 2.58. The van der Waals surface area contributed by atoms with Gasteiger partial charge in [-0.3, -0.25) is 0 Å². The summed E-state index contributed by atoms with van der Waals surface area (Å²) < 4.78 is 26.5. The molecule has 0 aromatic carbocycles. The minimum Gasteiger partial charge on any atom is -0.313 e. The van der Waals surface area contributed by atoms with Gasteiger partial charge < -0.3 is 5.32 Å². The highest BCUT2D eigenvalue weighted by Crippen LogP contribution is 2.13. The summed E-state index contributed by atoms with van der Waals surface area (Å²) in [7, 11) is -3.09. The van der Waals surface area contributed by atoms with Crippen LogP contribution in [0.5, 0.6) is 0 Å². The zero-order valence-corrected chi connectivity index (χ0v) is 13.5. The van der Waals surface area contributed by atoms with Crippen molar-refractivity contribution < 1.29 is 8.42 Å². The van der Waals surface area contributed by atoms with Gasteiger partial charge in [0.05, 0.1) is 5.75 Å². The molecule has 0 spiro atoms. The second-order valence-electron chi connectivity index (χ2n) is 6.00. The van der Waals surface area contributed by atoms with Crippen LogP contribution in [-0.2, 0) is 10.0 Å². The van der Waals surface area contributed by atoms with Crippen molar-refractivity contribution in [2.75, 3.05) is 25.4 Å². The van der Waals surface area contributed by atoms with Crippen LogP contribution in [0.1, 0.15) is 52.9 Å². The van der Waals surface area contributed by atoms with E-state index in [0.29, 0.717) is 25.0 Å². The van der Waals surface area contributed by atoms with Gasteiger partial charge in [0.25, 0.3) is 0 Å². The van der Waals surface area contributed by atoms with E-state index in [1.807, 2.05) is 6.92 Å². The Morgan fingerprint density at radius 3 is 2.58 bits per heavy atom. The quantitative estimate of drug-likeness (QED) is 0.745. The van der Waals surface area contributed by atoms with E-state index in [2.05, 4.69) is 19.2 Å². The highest BCUT2D eigenvalue weighted by Gasteiger charge is 2.25. The summed E-state index contributed by atoms with van der Waals surface area (Å²) in [6.07, 6.45) is 5.15. The van der Waals surface area contributed by atoms with Gasteiger partial charge in [-0.05, 0) is 38.1 Å². The Morgan fingerprint density at radius 2 is 2.05 bits per heavy atom. The number of nitrogens with one attached hydrogen (secondary N) is 1. The predicted octanol–water partition coefficient (Wildman–Crippen LogP) is 2.22. The van der Waals surface area contributed by atoms with Gasteiger partial charge in [0, 0.05) is 19.1 Å². The Hall–Kier alpha value is -0.130. The second kappa shape index (κ2) is 8.22. The lowest BCUT2D eigenvalue weighted by Gasteiger charge is -2.30. The Kier molecular flexibility index (Phi) is 7.32. The molecular weight excluding hydrogens is 260 g/mol. The number of hydrogen-bond donors (Lipinski definition) is 1. The second-order valence-corrected chi connectivity index (χ2v) is 8.09. The van der Waals surface area contributed by atoms with E-state index in [1.165, 1.54) is 12.8 Å². The van der Waals surface area contributed by atoms with Crippen LogP contribution in [0.15, 0.2) is 0 Å². The van der Waals surface area contributed by atoms with Gasteiger partial charge in [0.2, 0.25) is 10.0 Å². The van der Waals surface area contributed by atoms with Crippen LogP contribution in [0.25, 0.3) is 0 Å². The van der Waals surface area contributed by atoms with Gasteiger partial charge in [0.1, 0.15) is 0 Å². The lowest BCUT2D eigenvalue weighted by atomic mass is 10.1. The van der Waals surface area contributed by atoms with Gasteiger partial charge in [-0.25, -0.2) is 12.7 Å². The summed E-state index contributed by atoms with van der Waals surface area (Å²) >= 11 is 0. The first-order chi connectivity index (χ1) is 8.95. The molecule has 1 saturated heterocycles. The van der Waals surface area contributed by atoms with Gasteiger partial charge in [0.15, 0.2) is 0 Å². The maximum Gasteiger partial charge on any atom is 0.214 e. The van der Waals surface area contributed by atoms with Crippen molar-refractivity contribution in [3.8, 4) is 0 Å². The first-order valence-electron chi connectivity index (χ1n) is 7.67. The molecule has 1 unspecified atom stereocenters. The van der Waals surface area contributed by atoms with Crippen LogP contribution in [0.4, 0.5) is 0 Å². The van der Waals surface area contributed by atoms with Crippen molar-refractivity contribution in [2.45, 2.75) is 58.9 Å². The van der Waals surface area contributed by atoms with Gasteiger partial charge in [-0.2, -0.15) is 0 Å². The van der Waals surface area contributed by atoms with Crippen LogP contribution >= 0.6 is 0 Å². The molecule has 1 aliphatic heterocycles. The van der Waals surface area contributed by atoms with Gasteiger partial charge in [-0.1, -0.05) is 27.2 Å². The molecule has 1 N–H and O–H groups in total. The van der Waals surface area contributed by atoms with Gasteiger partial charge in [-0.15, -0.1) is 0 Å². The topological polar surface area (TPSA) is 49.4 Å². The number of piperidine rings is 1. The number of nitrogens with zero attached hydrogens (tertiary/aromatic N) is 1. The fourth-order valence-corrected chi connectivity index (χ4v) is 4.33.